The highest BCUT2D eigenvalue weighted by Crippen LogP contribution is 2.56. The van der Waals surface area contributed by atoms with Crippen LogP contribution in [0.15, 0.2) is 23.0 Å². The molecular weight excluding hydrogens is 310 g/mol. The van der Waals surface area contributed by atoms with E-state index in [9.17, 15) is 0 Å². The van der Waals surface area contributed by atoms with Crippen molar-refractivity contribution in [2.45, 2.75) is 45.3 Å². The zero-order chi connectivity index (χ0) is 15.0. The lowest BCUT2D eigenvalue weighted by Gasteiger charge is -2.29. The van der Waals surface area contributed by atoms with Crippen LogP contribution in [0.4, 0.5) is 0 Å². The summed E-state index contributed by atoms with van der Waals surface area (Å²) in [6.07, 6.45) is 6.15. The molecular formula is C17H23N3S2. The number of nitrogens with one attached hydrogen (secondary N) is 1. The van der Waals surface area contributed by atoms with Gasteiger partial charge in [0.1, 0.15) is 0 Å². The summed E-state index contributed by atoms with van der Waals surface area (Å²) < 4.78 is 0. The molecule has 3 nitrogen and oxygen atoms in total. The molecule has 2 aliphatic rings. The maximum Gasteiger partial charge on any atom is 0.0897 e. The fourth-order valence-electron chi connectivity index (χ4n) is 3.88. The second-order valence-corrected chi connectivity index (χ2v) is 8.81. The third-order valence-electron chi connectivity index (χ3n) is 5.18. The van der Waals surface area contributed by atoms with E-state index in [1.165, 1.54) is 47.8 Å². The highest BCUT2D eigenvalue weighted by Gasteiger charge is 2.56. The van der Waals surface area contributed by atoms with E-state index in [1.807, 2.05) is 11.3 Å². The van der Waals surface area contributed by atoms with E-state index in [4.69, 9.17) is 0 Å². The van der Waals surface area contributed by atoms with Crippen LogP contribution in [0, 0.1) is 12.3 Å². The third kappa shape index (κ3) is 3.00. The van der Waals surface area contributed by atoms with Crippen molar-refractivity contribution in [2.24, 2.45) is 5.41 Å². The minimum absolute atomic E-state index is 0.598. The van der Waals surface area contributed by atoms with Crippen LogP contribution in [-0.2, 0) is 13.1 Å². The molecule has 3 heterocycles. The van der Waals surface area contributed by atoms with E-state index in [1.54, 1.807) is 11.3 Å². The van der Waals surface area contributed by atoms with Gasteiger partial charge in [-0.3, -0.25) is 4.90 Å². The van der Waals surface area contributed by atoms with Crippen molar-refractivity contribution < 1.29 is 0 Å². The fourth-order valence-corrected chi connectivity index (χ4v) is 5.36. The normalized spacial score (nSPS) is 23.3. The maximum atomic E-state index is 4.43. The molecule has 1 atom stereocenters. The lowest BCUT2D eigenvalue weighted by molar-refractivity contribution is 0.189. The Labute approximate surface area is 140 Å². The summed E-state index contributed by atoms with van der Waals surface area (Å²) in [5, 5.41) is 9.18. The van der Waals surface area contributed by atoms with Gasteiger partial charge in [0.25, 0.3) is 0 Å². The van der Waals surface area contributed by atoms with Crippen LogP contribution in [0.1, 0.15) is 34.7 Å². The van der Waals surface area contributed by atoms with Crippen molar-refractivity contribution in [2.75, 3.05) is 13.1 Å². The zero-order valence-electron chi connectivity index (χ0n) is 13.0. The molecule has 2 aromatic rings. The topological polar surface area (TPSA) is 28.2 Å². The average molecular weight is 334 g/mol. The molecule has 22 heavy (non-hydrogen) atoms. The largest absolute Gasteiger partial charge is 0.317 e. The Balaban J connectivity index is 1.50. The zero-order valence-corrected chi connectivity index (χ0v) is 14.7. The summed E-state index contributed by atoms with van der Waals surface area (Å²) >= 11 is 3.65. The Morgan fingerprint density at radius 3 is 2.91 bits per heavy atom. The van der Waals surface area contributed by atoms with Crippen LogP contribution >= 0.6 is 22.7 Å². The number of hydrogen-bond donors (Lipinski definition) is 1. The van der Waals surface area contributed by atoms with Gasteiger partial charge in [0.15, 0.2) is 0 Å². The first-order valence-corrected chi connectivity index (χ1v) is 9.88. The predicted molar refractivity (Wildman–Crippen MR) is 93.4 cm³/mol. The number of rotatable bonds is 5. The molecule has 2 fully saturated rings. The van der Waals surface area contributed by atoms with E-state index in [0.717, 1.165) is 19.1 Å². The van der Waals surface area contributed by atoms with E-state index in [2.05, 4.69) is 45.1 Å². The minimum atomic E-state index is 0.598. The molecule has 2 aromatic heterocycles. The first-order chi connectivity index (χ1) is 10.8. The smallest absolute Gasteiger partial charge is 0.0897 e. The standard InChI is InChI=1S/C17H23N3S2/c1-13-19-9-15(22-13)11-20(10-14-2-7-21-12-14)16-8-17(16)3-5-18-6-4-17/h2,7,9,12,16,18H,3-6,8,10-11H2,1H3. The molecule has 5 heteroatoms. The van der Waals surface area contributed by atoms with Gasteiger partial charge in [-0.1, -0.05) is 0 Å². The summed E-state index contributed by atoms with van der Waals surface area (Å²) in [6.45, 7) is 6.63. The van der Waals surface area contributed by atoms with Crippen molar-refractivity contribution in [3.63, 3.8) is 0 Å². The van der Waals surface area contributed by atoms with Crippen LogP contribution in [0.5, 0.6) is 0 Å². The summed E-state index contributed by atoms with van der Waals surface area (Å²) in [5.74, 6) is 0. The van der Waals surface area contributed by atoms with E-state index < -0.39 is 0 Å². The Bertz CT molecular complexity index is 614. The molecule has 1 spiro atoms. The SMILES string of the molecule is Cc1ncc(CN(Cc2ccsc2)C2CC23CCNCC3)s1. The van der Waals surface area contributed by atoms with Crippen LogP contribution in [-0.4, -0.2) is 29.0 Å². The van der Waals surface area contributed by atoms with Crippen LogP contribution in [0.3, 0.4) is 0 Å². The second kappa shape index (κ2) is 6.04. The highest BCUT2D eigenvalue weighted by molar-refractivity contribution is 7.11. The molecule has 1 N–H and O–H groups in total. The number of aromatic nitrogens is 1. The predicted octanol–water partition coefficient (Wildman–Crippen LogP) is 3.66. The van der Waals surface area contributed by atoms with Gasteiger partial charge in [0.2, 0.25) is 0 Å². The van der Waals surface area contributed by atoms with Crippen molar-refractivity contribution in [1.29, 1.82) is 0 Å². The molecule has 0 aromatic carbocycles. The van der Waals surface area contributed by atoms with E-state index >= 15 is 0 Å². The van der Waals surface area contributed by atoms with Crippen molar-refractivity contribution in [1.82, 2.24) is 15.2 Å². The molecule has 0 radical (unpaired) electrons. The Kier molecular flexibility index (Phi) is 4.07. The number of piperidine rings is 1. The number of aryl methyl sites for hydroxylation is 1. The number of nitrogens with zero attached hydrogens (tertiary/aromatic N) is 2. The van der Waals surface area contributed by atoms with Gasteiger partial charge in [0.05, 0.1) is 5.01 Å². The lowest BCUT2D eigenvalue weighted by atomic mass is 9.93. The third-order valence-corrected chi connectivity index (χ3v) is 6.81. The van der Waals surface area contributed by atoms with E-state index in [-0.39, 0.29) is 0 Å². The number of thiazole rings is 1. The van der Waals surface area contributed by atoms with Crippen LogP contribution < -0.4 is 5.32 Å². The first-order valence-electron chi connectivity index (χ1n) is 8.12. The van der Waals surface area contributed by atoms with Gasteiger partial charge in [-0.15, -0.1) is 11.3 Å². The molecule has 118 valence electrons. The van der Waals surface area contributed by atoms with Crippen LogP contribution in [0.25, 0.3) is 0 Å². The average Bonchev–Trinajstić information content (AvgIpc) is 2.90. The molecule has 4 rings (SSSR count). The fraction of sp³-hybridized carbons (Fsp3) is 0.588. The molecule has 1 unspecified atom stereocenters. The van der Waals surface area contributed by atoms with E-state index in [0.29, 0.717) is 5.41 Å². The highest BCUT2D eigenvalue weighted by atomic mass is 32.1. The van der Waals surface area contributed by atoms with Crippen molar-refractivity contribution >= 4 is 22.7 Å². The van der Waals surface area contributed by atoms with Gasteiger partial charge in [-0.05, 0) is 67.1 Å². The first kappa shape index (κ1) is 14.8. The lowest BCUT2D eigenvalue weighted by Crippen LogP contribution is -2.35. The van der Waals surface area contributed by atoms with Gasteiger partial charge >= 0.3 is 0 Å². The Morgan fingerprint density at radius 2 is 2.23 bits per heavy atom. The summed E-state index contributed by atoms with van der Waals surface area (Å²) in [7, 11) is 0. The Morgan fingerprint density at radius 1 is 1.36 bits per heavy atom. The molecule has 0 amide bonds. The van der Waals surface area contributed by atoms with Crippen molar-refractivity contribution in [3.05, 3.63) is 38.5 Å². The van der Waals surface area contributed by atoms with Gasteiger partial charge in [-0.2, -0.15) is 11.3 Å². The minimum Gasteiger partial charge on any atom is -0.317 e. The van der Waals surface area contributed by atoms with Crippen molar-refractivity contribution in [3.8, 4) is 0 Å². The van der Waals surface area contributed by atoms with Gasteiger partial charge in [-0.25, -0.2) is 4.98 Å². The van der Waals surface area contributed by atoms with Crippen LogP contribution in [0.2, 0.25) is 0 Å². The quantitative estimate of drug-likeness (QED) is 0.905. The van der Waals surface area contributed by atoms with Gasteiger partial charge < -0.3 is 5.32 Å². The molecule has 0 bridgehead atoms. The summed E-state index contributed by atoms with van der Waals surface area (Å²) in [4.78, 5) is 8.55. The number of thiophene rings is 1. The number of hydrogen-bond acceptors (Lipinski definition) is 5. The van der Waals surface area contributed by atoms with Gasteiger partial charge in [0, 0.05) is 30.2 Å². The monoisotopic (exact) mass is 333 g/mol. The molecule has 1 saturated carbocycles. The Hall–Kier alpha value is -0.750. The summed E-state index contributed by atoms with van der Waals surface area (Å²) in [6, 6.07) is 3.03. The summed E-state index contributed by atoms with van der Waals surface area (Å²) in [5.41, 5.74) is 2.06. The second-order valence-electron chi connectivity index (χ2n) is 6.71. The maximum absolute atomic E-state index is 4.43. The molecule has 1 aliphatic carbocycles. The molecule has 1 saturated heterocycles. The molecule has 1 aliphatic heterocycles.